The predicted octanol–water partition coefficient (Wildman–Crippen LogP) is 1.19. The Kier molecular flexibility index (Phi) is 2.79. The van der Waals surface area contributed by atoms with Crippen LogP contribution in [0.5, 0.6) is 0 Å². The van der Waals surface area contributed by atoms with Crippen molar-refractivity contribution in [1.29, 1.82) is 0 Å². The van der Waals surface area contributed by atoms with Crippen molar-refractivity contribution in [3.8, 4) is 0 Å². The van der Waals surface area contributed by atoms with Crippen molar-refractivity contribution in [3.63, 3.8) is 0 Å². The SMILES string of the molecule is O=N/C=C/F. The van der Waals surface area contributed by atoms with Gasteiger partial charge < -0.3 is 0 Å². The quantitative estimate of drug-likeness (QED) is 0.430. The van der Waals surface area contributed by atoms with E-state index >= 15 is 0 Å². The molecule has 0 atom stereocenters. The van der Waals surface area contributed by atoms with Gasteiger partial charge in [0.25, 0.3) is 0 Å². The third kappa shape index (κ3) is 3.27. The maximum absolute atomic E-state index is 10.5. The van der Waals surface area contributed by atoms with Gasteiger partial charge >= 0.3 is 0 Å². The Bertz CT molecular complexity index is 51.6. The minimum Gasteiger partial charge on any atom is -0.214 e. The second-order valence-corrected chi connectivity index (χ2v) is 0.380. The molecular weight excluding hydrogens is 73.0 g/mol. The van der Waals surface area contributed by atoms with Gasteiger partial charge in [0.05, 0.1) is 6.20 Å². The van der Waals surface area contributed by atoms with E-state index in [2.05, 4.69) is 0 Å². The van der Waals surface area contributed by atoms with Crippen LogP contribution in [-0.2, 0) is 0 Å². The third-order valence-electron chi connectivity index (χ3n) is 0.117. The van der Waals surface area contributed by atoms with Gasteiger partial charge in [0, 0.05) is 0 Å². The molecule has 3 heteroatoms. The molecule has 0 heterocycles. The van der Waals surface area contributed by atoms with Crippen LogP contribution in [0.2, 0.25) is 0 Å². The smallest absolute Gasteiger partial charge is 0.108 e. The van der Waals surface area contributed by atoms with Crippen LogP contribution in [0.15, 0.2) is 17.7 Å². The van der Waals surface area contributed by atoms with E-state index in [0.29, 0.717) is 6.20 Å². The Morgan fingerprint density at radius 1 is 1.80 bits per heavy atom. The summed E-state index contributed by atoms with van der Waals surface area (Å²) in [4.78, 5) is 8.83. The normalized spacial score (nSPS) is 9.00. The van der Waals surface area contributed by atoms with Crippen molar-refractivity contribution in [2.24, 2.45) is 5.18 Å². The lowest BCUT2D eigenvalue weighted by molar-refractivity contribution is 0.718. The lowest BCUT2D eigenvalue weighted by Gasteiger charge is -1.47. The second-order valence-electron chi connectivity index (χ2n) is 0.380. The molecule has 0 saturated heterocycles. The second kappa shape index (κ2) is 3.27. The monoisotopic (exact) mass is 75.0 g/mol. The van der Waals surface area contributed by atoms with Crippen LogP contribution in [0, 0.1) is 4.91 Å². The van der Waals surface area contributed by atoms with Crippen LogP contribution in [0.3, 0.4) is 0 Å². The van der Waals surface area contributed by atoms with E-state index in [4.69, 9.17) is 4.91 Å². The van der Waals surface area contributed by atoms with Crippen LogP contribution >= 0.6 is 0 Å². The van der Waals surface area contributed by atoms with Gasteiger partial charge in [-0.1, -0.05) is 0 Å². The summed E-state index contributed by atoms with van der Waals surface area (Å²) in [6.07, 6.45) is 0.604. The van der Waals surface area contributed by atoms with Crippen molar-refractivity contribution in [1.82, 2.24) is 0 Å². The first-order chi connectivity index (χ1) is 2.41. The molecule has 0 N–H and O–H groups in total. The third-order valence-corrected chi connectivity index (χ3v) is 0.117. The largest absolute Gasteiger partial charge is 0.214 e. The number of hydrogen-bond acceptors (Lipinski definition) is 2. The highest BCUT2D eigenvalue weighted by atomic mass is 19.1. The van der Waals surface area contributed by atoms with Crippen LogP contribution in [0.4, 0.5) is 4.39 Å². The minimum atomic E-state index is 0.0764. The van der Waals surface area contributed by atoms with Gasteiger partial charge in [-0.05, 0) is 5.18 Å². The number of nitroso groups, excluding NO2 is 1. The Labute approximate surface area is 28.3 Å². The standard InChI is InChI=1S/C2H2FNO/c3-1-2-4-5/h1-2H/b2-1+. The molecule has 28 valence electrons. The van der Waals surface area contributed by atoms with Gasteiger partial charge in [-0.25, -0.2) is 4.39 Å². The summed E-state index contributed by atoms with van der Waals surface area (Å²) in [5.41, 5.74) is 0. The highest BCUT2D eigenvalue weighted by molar-refractivity contribution is 4.65. The summed E-state index contributed by atoms with van der Waals surface area (Å²) < 4.78 is 10.5. The molecule has 0 radical (unpaired) electrons. The first-order valence-corrected chi connectivity index (χ1v) is 0.992. The summed E-state index contributed by atoms with van der Waals surface area (Å²) >= 11 is 0. The highest BCUT2D eigenvalue weighted by Crippen LogP contribution is 1.68. The summed E-state index contributed by atoms with van der Waals surface area (Å²) in [6, 6.07) is 0. The molecule has 0 aromatic rings. The maximum Gasteiger partial charge on any atom is 0.108 e. The summed E-state index contributed by atoms with van der Waals surface area (Å²) in [7, 11) is 0. The van der Waals surface area contributed by atoms with Crippen molar-refractivity contribution >= 4 is 0 Å². The molecule has 0 aliphatic rings. The molecule has 0 rings (SSSR count). The average Bonchev–Trinajstić information content (AvgIpc) is 1.41. The Hall–Kier alpha value is -0.730. The van der Waals surface area contributed by atoms with E-state index < -0.39 is 0 Å². The van der Waals surface area contributed by atoms with Crippen LogP contribution < -0.4 is 0 Å². The fraction of sp³-hybridized carbons (Fsp3) is 0. The Morgan fingerprint density at radius 3 is 2.40 bits per heavy atom. The molecule has 5 heavy (non-hydrogen) atoms. The van der Waals surface area contributed by atoms with Crippen LogP contribution in [0.25, 0.3) is 0 Å². The van der Waals surface area contributed by atoms with Crippen LogP contribution in [0.1, 0.15) is 0 Å². The topological polar surface area (TPSA) is 29.4 Å². The van der Waals surface area contributed by atoms with Crippen LogP contribution in [-0.4, -0.2) is 0 Å². The summed E-state index contributed by atoms with van der Waals surface area (Å²) in [5.74, 6) is 0. The molecule has 0 spiro atoms. The molecule has 0 saturated carbocycles. The van der Waals surface area contributed by atoms with Gasteiger partial charge in [-0.2, -0.15) is 0 Å². The van der Waals surface area contributed by atoms with Gasteiger partial charge in [-0.15, -0.1) is 4.91 Å². The van der Waals surface area contributed by atoms with E-state index in [1.54, 1.807) is 0 Å². The lowest BCUT2D eigenvalue weighted by Crippen LogP contribution is -1.31. The first-order valence-electron chi connectivity index (χ1n) is 0.992. The Morgan fingerprint density at radius 2 is 2.40 bits per heavy atom. The van der Waals surface area contributed by atoms with Gasteiger partial charge in [0.15, 0.2) is 0 Å². The molecule has 0 aliphatic carbocycles. The molecule has 0 aromatic heterocycles. The van der Waals surface area contributed by atoms with E-state index in [9.17, 15) is 4.39 Å². The Balaban J connectivity index is 2.92. The van der Waals surface area contributed by atoms with Gasteiger partial charge in [0.2, 0.25) is 0 Å². The van der Waals surface area contributed by atoms with Crippen molar-refractivity contribution in [3.05, 3.63) is 17.4 Å². The number of rotatable bonds is 1. The zero-order chi connectivity index (χ0) is 4.12. The molecule has 0 amide bonds. The lowest BCUT2D eigenvalue weighted by atomic mass is 11.1. The molecular formula is C2H2FNO. The van der Waals surface area contributed by atoms with Crippen molar-refractivity contribution in [2.45, 2.75) is 0 Å². The molecule has 0 aromatic carbocycles. The van der Waals surface area contributed by atoms with Crippen molar-refractivity contribution < 1.29 is 4.39 Å². The van der Waals surface area contributed by atoms with E-state index in [1.807, 2.05) is 5.18 Å². The molecule has 0 aliphatic heterocycles. The number of halogens is 1. The number of nitrogens with zero attached hydrogens (tertiary/aromatic N) is 1. The molecule has 0 fully saturated rings. The first kappa shape index (κ1) is 4.27. The zero-order valence-electron chi connectivity index (χ0n) is 2.39. The highest BCUT2D eigenvalue weighted by Gasteiger charge is 1.51. The fourth-order valence-electron chi connectivity index (χ4n) is 0.0230. The van der Waals surface area contributed by atoms with E-state index in [-0.39, 0.29) is 6.33 Å². The minimum absolute atomic E-state index is 0.0764. The summed E-state index contributed by atoms with van der Waals surface area (Å²) in [6.45, 7) is 0. The maximum atomic E-state index is 10.5. The fourth-order valence-corrected chi connectivity index (χ4v) is 0.0230. The van der Waals surface area contributed by atoms with Gasteiger partial charge in [0.1, 0.15) is 6.33 Å². The molecule has 0 bridgehead atoms. The molecule has 2 nitrogen and oxygen atoms in total. The van der Waals surface area contributed by atoms with Crippen molar-refractivity contribution in [2.75, 3.05) is 0 Å². The predicted molar refractivity (Wildman–Crippen MR) is 16.0 cm³/mol. The summed E-state index contributed by atoms with van der Waals surface area (Å²) in [5, 5.41) is 2.05. The zero-order valence-corrected chi connectivity index (χ0v) is 2.39. The van der Waals surface area contributed by atoms with E-state index in [1.165, 1.54) is 0 Å². The molecule has 0 unspecified atom stereocenters. The van der Waals surface area contributed by atoms with E-state index in [0.717, 1.165) is 0 Å². The number of hydrogen-bond donors (Lipinski definition) is 0. The average molecular weight is 75.0 g/mol. The van der Waals surface area contributed by atoms with Gasteiger partial charge in [-0.3, -0.25) is 0 Å².